The Morgan fingerprint density at radius 1 is 1.17 bits per heavy atom. The molecule has 0 aromatic heterocycles. The van der Waals surface area contributed by atoms with Crippen LogP contribution in [0.25, 0.3) is 0 Å². The minimum atomic E-state index is -1.31. The van der Waals surface area contributed by atoms with Crippen LogP contribution >= 0.6 is 0 Å². The molecule has 10 nitrogen and oxygen atoms in total. The lowest BCUT2D eigenvalue weighted by Gasteiger charge is -2.41. The van der Waals surface area contributed by atoms with E-state index >= 15 is 0 Å². The van der Waals surface area contributed by atoms with E-state index in [1.54, 1.807) is 24.0 Å². The topological polar surface area (TPSA) is 125 Å². The highest BCUT2D eigenvalue weighted by Gasteiger charge is 2.73. The van der Waals surface area contributed by atoms with Gasteiger partial charge in [-0.1, -0.05) is 24.3 Å². The molecule has 5 bridgehead atoms. The quantitative estimate of drug-likeness (QED) is 0.418. The predicted octanol–water partition coefficient (Wildman–Crippen LogP) is 0.154. The molecule has 192 valence electrons. The number of likely N-dealkylation sites (tertiary alicyclic amines) is 1. The number of esters is 1. The Hall–Kier alpha value is -2.72. The molecule has 0 saturated carbocycles. The molecule has 35 heavy (non-hydrogen) atoms. The van der Waals surface area contributed by atoms with E-state index in [9.17, 15) is 24.3 Å². The van der Waals surface area contributed by atoms with E-state index in [0.29, 0.717) is 6.42 Å². The number of allylic oxidation sites excluding steroid dienone is 1. The van der Waals surface area contributed by atoms with E-state index in [0.717, 1.165) is 0 Å². The SMILES string of the molecule is C[C@@H]1CNC(=O)CC/C=C\CN(C(C)(C)C)C(=O)[C@@H]2N(CCO)C(=O)[C@H]3[C@H](C(=O)O1)[C@@H]1C=C[C@]23O1. The molecule has 2 fully saturated rings. The number of hydrogen-bond acceptors (Lipinski definition) is 7. The van der Waals surface area contributed by atoms with Crippen LogP contribution in [-0.4, -0.2) is 94.2 Å². The fourth-order valence-electron chi connectivity index (χ4n) is 5.58. The second-order valence-electron chi connectivity index (χ2n) is 10.6. The van der Waals surface area contributed by atoms with Crippen molar-refractivity contribution in [3.63, 3.8) is 0 Å². The van der Waals surface area contributed by atoms with Gasteiger partial charge in [-0.2, -0.15) is 0 Å². The van der Waals surface area contributed by atoms with Crippen molar-refractivity contribution in [1.29, 1.82) is 0 Å². The van der Waals surface area contributed by atoms with Gasteiger partial charge in [-0.25, -0.2) is 0 Å². The average Bonchev–Trinajstić information content (AvgIpc) is 3.41. The molecule has 4 heterocycles. The first-order chi connectivity index (χ1) is 16.5. The Bertz CT molecular complexity index is 955. The van der Waals surface area contributed by atoms with Gasteiger partial charge in [-0.15, -0.1) is 0 Å². The molecular formula is C25H35N3O7. The number of carbonyl (C=O) groups is 4. The summed E-state index contributed by atoms with van der Waals surface area (Å²) in [5, 5.41) is 12.5. The van der Waals surface area contributed by atoms with E-state index in [-0.39, 0.29) is 44.5 Å². The summed E-state index contributed by atoms with van der Waals surface area (Å²) in [6.45, 7) is 7.44. The van der Waals surface area contributed by atoms with E-state index in [1.807, 2.05) is 32.9 Å². The van der Waals surface area contributed by atoms with Crippen molar-refractivity contribution >= 4 is 23.7 Å². The largest absolute Gasteiger partial charge is 0.460 e. The van der Waals surface area contributed by atoms with Crippen molar-refractivity contribution < 1.29 is 33.8 Å². The highest BCUT2D eigenvalue weighted by Crippen LogP contribution is 2.55. The first kappa shape index (κ1) is 25.4. The minimum Gasteiger partial charge on any atom is -0.460 e. The van der Waals surface area contributed by atoms with Crippen LogP contribution in [-0.2, 0) is 28.7 Å². The van der Waals surface area contributed by atoms with Gasteiger partial charge >= 0.3 is 5.97 Å². The summed E-state index contributed by atoms with van der Waals surface area (Å²) in [6.07, 6.45) is 6.63. The third-order valence-corrected chi connectivity index (χ3v) is 7.19. The van der Waals surface area contributed by atoms with Crippen molar-refractivity contribution in [2.24, 2.45) is 11.8 Å². The number of rotatable bonds is 2. The average molecular weight is 490 g/mol. The van der Waals surface area contributed by atoms with Gasteiger partial charge in [0.05, 0.1) is 25.2 Å². The van der Waals surface area contributed by atoms with E-state index in [2.05, 4.69) is 5.32 Å². The maximum absolute atomic E-state index is 14.1. The van der Waals surface area contributed by atoms with Crippen molar-refractivity contribution in [1.82, 2.24) is 15.1 Å². The summed E-state index contributed by atoms with van der Waals surface area (Å²) in [6, 6.07) is -1.02. The Morgan fingerprint density at radius 3 is 2.60 bits per heavy atom. The van der Waals surface area contributed by atoms with Crippen molar-refractivity contribution in [3.8, 4) is 0 Å². The lowest BCUT2D eigenvalue weighted by molar-refractivity contribution is -0.158. The number of ether oxygens (including phenoxy) is 2. The first-order valence-electron chi connectivity index (χ1n) is 12.2. The zero-order valence-electron chi connectivity index (χ0n) is 20.7. The Balaban J connectivity index is 1.77. The standard InChI is InChI=1S/C25H35N3O7/c1-15-14-26-17(30)8-6-5-7-11-28(24(2,3)4)22(32)20-25-10-9-16(35-25)18(23(33)34-15)19(25)21(31)27(20)12-13-29/h5,7,9-10,15-16,18-20,29H,6,8,11-14H2,1-4H3,(H,26,30)/b7-5-/t15-,16+,18-,19-,20+,25-/m1/s1. The van der Waals surface area contributed by atoms with Gasteiger partial charge in [-0.3, -0.25) is 19.2 Å². The van der Waals surface area contributed by atoms with Crippen molar-refractivity contribution in [2.75, 3.05) is 26.2 Å². The maximum Gasteiger partial charge on any atom is 0.313 e. The maximum atomic E-state index is 14.1. The second-order valence-corrected chi connectivity index (χ2v) is 10.6. The number of amides is 3. The van der Waals surface area contributed by atoms with Gasteiger partial charge in [0, 0.05) is 25.0 Å². The molecule has 2 N–H and O–H groups in total. The van der Waals surface area contributed by atoms with E-state index in [4.69, 9.17) is 9.47 Å². The van der Waals surface area contributed by atoms with Crippen LogP contribution in [0.3, 0.4) is 0 Å². The summed E-state index contributed by atoms with van der Waals surface area (Å²) in [7, 11) is 0. The van der Waals surface area contributed by atoms with Crippen LogP contribution in [0.15, 0.2) is 24.3 Å². The molecule has 1 spiro atoms. The number of aliphatic hydroxyl groups is 1. The number of hydrogen-bond donors (Lipinski definition) is 2. The number of fused-ring (bicyclic) bond motifs is 2. The van der Waals surface area contributed by atoms with Crippen molar-refractivity contribution in [2.45, 2.75) is 69.9 Å². The van der Waals surface area contributed by atoms with Gasteiger partial charge in [0.25, 0.3) is 0 Å². The second kappa shape index (κ2) is 9.39. The van der Waals surface area contributed by atoms with Gasteiger partial charge in [0.15, 0.2) is 0 Å². The lowest BCUT2D eigenvalue weighted by Crippen LogP contribution is -2.59. The molecular weight excluding hydrogens is 454 g/mol. The first-order valence-corrected chi connectivity index (χ1v) is 12.2. The number of cyclic esters (lactones) is 1. The fraction of sp³-hybridized carbons (Fsp3) is 0.680. The molecule has 0 radical (unpaired) electrons. The summed E-state index contributed by atoms with van der Waals surface area (Å²) in [4.78, 5) is 56.2. The third-order valence-electron chi connectivity index (χ3n) is 7.19. The molecule has 0 aromatic rings. The van der Waals surface area contributed by atoms with Gasteiger partial charge in [0.2, 0.25) is 17.7 Å². The smallest absolute Gasteiger partial charge is 0.313 e. The molecule has 4 rings (SSSR count). The molecule has 0 aromatic carbocycles. The lowest BCUT2D eigenvalue weighted by atomic mass is 9.74. The van der Waals surface area contributed by atoms with E-state index < -0.39 is 53.1 Å². The third kappa shape index (κ3) is 4.38. The normalized spacial score (nSPS) is 36.9. The highest BCUT2D eigenvalue weighted by molar-refractivity contribution is 5.99. The Morgan fingerprint density at radius 2 is 1.91 bits per heavy atom. The molecule has 4 aliphatic heterocycles. The number of nitrogens with one attached hydrogen (secondary N) is 1. The molecule has 6 atom stereocenters. The highest BCUT2D eigenvalue weighted by atomic mass is 16.6. The van der Waals surface area contributed by atoms with Crippen molar-refractivity contribution in [3.05, 3.63) is 24.3 Å². The van der Waals surface area contributed by atoms with Crippen LogP contribution in [0, 0.1) is 11.8 Å². The molecule has 2 saturated heterocycles. The number of carbonyl (C=O) groups excluding carboxylic acids is 4. The fourth-order valence-corrected chi connectivity index (χ4v) is 5.58. The Kier molecular flexibility index (Phi) is 6.80. The molecule has 4 aliphatic rings. The van der Waals surface area contributed by atoms with Crippen LogP contribution in [0.5, 0.6) is 0 Å². The molecule has 10 heteroatoms. The molecule has 0 aliphatic carbocycles. The predicted molar refractivity (Wildman–Crippen MR) is 125 cm³/mol. The van der Waals surface area contributed by atoms with Gasteiger partial charge < -0.3 is 29.7 Å². The van der Waals surface area contributed by atoms with E-state index in [1.165, 1.54) is 4.90 Å². The summed E-state index contributed by atoms with van der Waals surface area (Å²) >= 11 is 0. The minimum absolute atomic E-state index is 0.0482. The van der Waals surface area contributed by atoms with Crippen LogP contribution in [0.1, 0.15) is 40.5 Å². The number of β-amino-alcohol motifs (C(OH)–C–C–N with tert-alkyl or cyclic N) is 1. The zero-order chi connectivity index (χ0) is 25.5. The summed E-state index contributed by atoms with van der Waals surface area (Å²) in [5.74, 6) is -3.33. The summed E-state index contributed by atoms with van der Waals surface area (Å²) in [5.41, 5.74) is -1.89. The number of nitrogens with zero attached hydrogens (tertiary/aromatic N) is 2. The van der Waals surface area contributed by atoms with Crippen LogP contribution < -0.4 is 5.32 Å². The van der Waals surface area contributed by atoms with Gasteiger partial charge in [0.1, 0.15) is 23.7 Å². The Labute approximate surface area is 205 Å². The molecule has 0 unspecified atom stereocenters. The monoisotopic (exact) mass is 489 g/mol. The van der Waals surface area contributed by atoms with Crippen LogP contribution in [0.4, 0.5) is 0 Å². The number of aliphatic hydroxyl groups excluding tert-OH is 1. The molecule has 3 amide bonds. The van der Waals surface area contributed by atoms with Gasteiger partial charge in [-0.05, 0) is 34.1 Å². The van der Waals surface area contributed by atoms with Crippen LogP contribution in [0.2, 0.25) is 0 Å². The zero-order valence-corrected chi connectivity index (χ0v) is 20.7. The summed E-state index contributed by atoms with van der Waals surface area (Å²) < 4.78 is 11.9.